The van der Waals surface area contributed by atoms with Gasteiger partial charge >= 0.3 is 0 Å². The van der Waals surface area contributed by atoms with Crippen LogP contribution < -0.4 is 5.32 Å². The normalized spacial score (nSPS) is 35.3. The maximum atomic E-state index is 11.6. The largest absolute Gasteiger partial charge is 0.296 e. The van der Waals surface area contributed by atoms with Crippen molar-refractivity contribution in [3.8, 4) is 0 Å². The van der Waals surface area contributed by atoms with E-state index in [9.17, 15) is 9.59 Å². The SMILES string of the molecule is CC1(C)CCCCC1C1CC(=O)NC1=O. The van der Waals surface area contributed by atoms with Gasteiger partial charge in [-0.25, -0.2) is 0 Å². The average Bonchev–Trinajstić information content (AvgIpc) is 2.44. The molecule has 1 aliphatic heterocycles. The van der Waals surface area contributed by atoms with Crippen molar-refractivity contribution in [1.29, 1.82) is 0 Å². The number of nitrogens with one attached hydrogen (secondary N) is 1. The Labute approximate surface area is 90.6 Å². The van der Waals surface area contributed by atoms with E-state index in [0.29, 0.717) is 12.3 Å². The van der Waals surface area contributed by atoms with Gasteiger partial charge in [-0.05, 0) is 24.2 Å². The van der Waals surface area contributed by atoms with Crippen molar-refractivity contribution in [1.82, 2.24) is 5.32 Å². The zero-order chi connectivity index (χ0) is 11.1. The van der Waals surface area contributed by atoms with Gasteiger partial charge in [0.05, 0.1) is 5.92 Å². The monoisotopic (exact) mass is 209 g/mol. The zero-order valence-electron chi connectivity index (χ0n) is 9.51. The van der Waals surface area contributed by atoms with Crippen LogP contribution in [0.3, 0.4) is 0 Å². The molecule has 2 aliphatic rings. The molecule has 15 heavy (non-hydrogen) atoms. The summed E-state index contributed by atoms with van der Waals surface area (Å²) in [6.07, 6.45) is 5.14. The number of rotatable bonds is 1. The summed E-state index contributed by atoms with van der Waals surface area (Å²) in [6.45, 7) is 4.46. The summed E-state index contributed by atoms with van der Waals surface area (Å²) < 4.78 is 0. The molecule has 2 unspecified atom stereocenters. The first-order chi connectivity index (χ1) is 7.00. The Morgan fingerprint density at radius 2 is 2.00 bits per heavy atom. The minimum absolute atomic E-state index is 0.0417. The van der Waals surface area contributed by atoms with E-state index in [-0.39, 0.29) is 23.1 Å². The molecule has 2 rings (SSSR count). The van der Waals surface area contributed by atoms with Crippen molar-refractivity contribution < 1.29 is 9.59 Å². The molecule has 3 nitrogen and oxygen atoms in total. The number of amides is 2. The third-order valence-corrected chi connectivity index (χ3v) is 4.08. The number of carbonyl (C=O) groups is 2. The molecule has 0 radical (unpaired) electrons. The summed E-state index contributed by atoms with van der Waals surface area (Å²) >= 11 is 0. The van der Waals surface area contributed by atoms with Crippen molar-refractivity contribution in [2.75, 3.05) is 0 Å². The van der Waals surface area contributed by atoms with E-state index >= 15 is 0 Å². The highest BCUT2D eigenvalue weighted by molar-refractivity contribution is 6.03. The average molecular weight is 209 g/mol. The van der Waals surface area contributed by atoms with Gasteiger partial charge in [0.15, 0.2) is 0 Å². The molecule has 0 aromatic carbocycles. The summed E-state index contributed by atoms with van der Waals surface area (Å²) in [5.74, 6) is 0.192. The van der Waals surface area contributed by atoms with E-state index in [0.717, 1.165) is 6.42 Å². The van der Waals surface area contributed by atoms with Crippen LogP contribution in [-0.4, -0.2) is 11.8 Å². The molecule has 0 aromatic rings. The number of imide groups is 1. The van der Waals surface area contributed by atoms with E-state index in [1.165, 1.54) is 19.3 Å². The van der Waals surface area contributed by atoms with E-state index < -0.39 is 0 Å². The predicted molar refractivity (Wildman–Crippen MR) is 57.0 cm³/mol. The zero-order valence-corrected chi connectivity index (χ0v) is 9.51. The van der Waals surface area contributed by atoms with Gasteiger partial charge in [0.2, 0.25) is 11.8 Å². The highest BCUT2D eigenvalue weighted by atomic mass is 16.2. The molecule has 2 amide bonds. The van der Waals surface area contributed by atoms with Gasteiger partial charge in [-0.15, -0.1) is 0 Å². The summed E-state index contributed by atoms with van der Waals surface area (Å²) in [6, 6.07) is 0. The van der Waals surface area contributed by atoms with Gasteiger partial charge in [-0.1, -0.05) is 26.7 Å². The van der Waals surface area contributed by atoms with Crippen LogP contribution in [0.4, 0.5) is 0 Å². The topological polar surface area (TPSA) is 46.2 Å². The first-order valence-electron chi connectivity index (χ1n) is 5.84. The number of carbonyl (C=O) groups excluding carboxylic acids is 2. The fourth-order valence-corrected chi connectivity index (χ4v) is 3.17. The van der Waals surface area contributed by atoms with Crippen LogP contribution >= 0.6 is 0 Å². The number of hydrogen-bond acceptors (Lipinski definition) is 2. The standard InChI is InChI=1S/C12H19NO2/c1-12(2)6-4-3-5-9(12)8-7-10(14)13-11(8)15/h8-9H,3-7H2,1-2H3,(H,13,14,15). The van der Waals surface area contributed by atoms with E-state index in [1.807, 2.05) is 0 Å². The molecule has 1 heterocycles. The molecule has 0 bridgehead atoms. The smallest absolute Gasteiger partial charge is 0.230 e. The molecule has 2 fully saturated rings. The molecule has 2 atom stereocenters. The first-order valence-corrected chi connectivity index (χ1v) is 5.84. The van der Waals surface area contributed by atoms with Gasteiger partial charge in [0.25, 0.3) is 0 Å². The van der Waals surface area contributed by atoms with Crippen LogP contribution in [0.25, 0.3) is 0 Å². The highest BCUT2D eigenvalue weighted by Gasteiger charge is 2.44. The van der Waals surface area contributed by atoms with Crippen molar-refractivity contribution in [2.24, 2.45) is 17.3 Å². The van der Waals surface area contributed by atoms with Crippen LogP contribution in [0, 0.1) is 17.3 Å². The Balaban J connectivity index is 2.15. The maximum absolute atomic E-state index is 11.6. The minimum Gasteiger partial charge on any atom is -0.296 e. The summed E-state index contributed by atoms with van der Waals surface area (Å²) in [5, 5.41) is 2.42. The summed E-state index contributed by atoms with van der Waals surface area (Å²) in [4.78, 5) is 22.8. The molecule has 1 N–H and O–H groups in total. The van der Waals surface area contributed by atoms with E-state index in [4.69, 9.17) is 0 Å². The predicted octanol–water partition coefficient (Wildman–Crippen LogP) is 1.87. The fourth-order valence-electron chi connectivity index (χ4n) is 3.17. The fraction of sp³-hybridized carbons (Fsp3) is 0.833. The highest BCUT2D eigenvalue weighted by Crippen LogP contribution is 2.46. The van der Waals surface area contributed by atoms with Crippen LogP contribution in [0.15, 0.2) is 0 Å². The molecular formula is C12H19NO2. The van der Waals surface area contributed by atoms with Gasteiger partial charge < -0.3 is 0 Å². The molecule has 0 spiro atoms. The Bertz CT molecular complexity index is 296. The molecule has 84 valence electrons. The second kappa shape index (κ2) is 3.62. The Morgan fingerprint density at radius 1 is 1.27 bits per heavy atom. The quantitative estimate of drug-likeness (QED) is 0.670. The van der Waals surface area contributed by atoms with E-state index in [1.54, 1.807) is 0 Å². The molecular weight excluding hydrogens is 190 g/mol. The summed E-state index contributed by atoms with van der Waals surface area (Å²) in [7, 11) is 0. The third kappa shape index (κ3) is 1.92. The number of hydrogen-bond donors (Lipinski definition) is 1. The van der Waals surface area contributed by atoms with Crippen molar-refractivity contribution >= 4 is 11.8 Å². The molecule has 1 aliphatic carbocycles. The van der Waals surface area contributed by atoms with Crippen LogP contribution in [0.1, 0.15) is 46.0 Å². The lowest BCUT2D eigenvalue weighted by molar-refractivity contribution is -0.127. The Kier molecular flexibility index (Phi) is 2.57. The minimum atomic E-state index is -0.0913. The lowest BCUT2D eigenvalue weighted by atomic mass is 9.63. The van der Waals surface area contributed by atoms with Gasteiger partial charge in [-0.2, -0.15) is 0 Å². The lowest BCUT2D eigenvalue weighted by Gasteiger charge is -2.41. The van der Waals surface area contributed by atoms with Crippen molar-refractivity contribution in [3.05, 3.63) is 0 Å². The first kappa shape index (κ1) is 10.7. The molecule has 0 aromatic heterocycles. The van der Waals surface area contributed by atoms with Crippen molar-refractivity contribution in [3.63, 3.8) is 0 Å². The molecule has 1 saturated heterocycles. The van der Waals surface area contributed by atoms with Crippen LogP contribution in [0.2, 0.25) is 0 Å². The van der Waals surface area contributed by atoms with Gasteiger partial charge in [0, 0.05) is 6.42 Å². The van der Waals surface area contributed by atoms with Crippen LogP contribution in [0.5, 0.6) is 0 Å². The maximum Gasteiger partial charge on any atom is 0.230 e. The van der Waals surface area contributed by atoms with Gasteiger partial charge in [-0.3, -0.25) is 14.9 Å². The van der Waals surface area contributed by atoms with Crippen LogP contribution in [-0.2, 0) is 9.59 Å². The Morgan fingerprint density at radius 3 is 2.53 bits per heavy atom. The lowest BCUT2D eigenvalue weighted by Crippen LogP contribution is -2.37. The molecule has 3 heteroatoms. The molecule has 1 saturated carbocycles. The van der Waals surface area contributed by atoms with E-state index in [2.05, 4.69) is 19.2 Å². The van der Waals surface area contributed by atoms with Gasteiger partial charge in [0.1, 0.15) is 0 Å². The van der Waals surface area contributed by atoms with Crippen molar-refractivity contribution in [2.45, 2.75) is 46.0 Å². The second-order valence-electron chi connectivity index (χ2n) is 5.56. The third-order valence-electron chi connectivity index (χ3n) is 4.08. The second-order valence-corrected chi connectivity index (χ2v) is 5.56. The Hall–Kier alpha value is -0.860. The summed E-state index contributed by atoms with van der Waals surface area (Å²) in [5.41, 5.74) is 0.213.